The summed E-state index contributed by atoms with van der Waals surface area (Å²) in [4.78, 5) is 11.8. The Morgan fingerprint density at radius 2 is 1.85 bits per heavy atom. The number of hydrogen-bond donors (Lipinski definition) is 2. The summed E-state index contributed by atoms with van der Waals surface area (Å²) in [5.74, 6) is 0.127. The zero-order chi connectivity index (χ0) is 15.0. The van der Waals surface area contributed by atoms with Crippen molar-refractivity contribution in [1.82, 2.24) is 10.6 Å². The Bertz CT molecular complexity index is 395. The van der Waals surface area contributed by atoms with Crippen LogP contribution in [0.3, 0.4) is 0 Å². The third kappa shape index (κ3) is 7.95. The molecular formula is C17H28N2O. The van der Waals surface area contributed by atoms with Crippen molar-refractivity contribution in [2.24, 2.45) is 0 Å². The number of hydrogen-bond acceptors (Lipinski definition) is 2. The van der Waals surface area contributed by atoms with Crippen LogP contribution in [-0.2, 0) is 11.2 Å². The molecule has 0 radical (unpaired) electrons. The molecule has 0 saturated carbocycles. The smallest absolute Gasteiger partial charge is 0.221 e. The fourth-order valence-electron chi connectivity index (χ4n) is 2.00. The van der Waals surface area contributed by atoms with E-state index in [4.69, 9.17) is 0 Å². The van der Waals surface area contributed by atoms with Gasteiger partial charge in [-0.15, -0.1) is 0 Å². The minimum atomic E-state index is 0.0687. The number of nitrogens with one attached hydrogen (secondary N) is 2. The van der Waals surface area contributed by atoms with Crippen molar-refractivity contribution >= 4 is 5.91 Å². The van der Waals surface area contributed by atoms with Crippen molar-refractivity contribution in [2.45, 2.75) is 58.5 Å². The van der Waals surface area contributed by atoms with Crippen LogP contribution in [0.5, 0.6) is 0 Å². The lowest BCUT2D eigenvalue weighted by Gasteiger charge is -2.20. The quantitative estimate of drug-likeness (QED) is 0.804. The first-order valence-corrected chi connectivity index (χ1v) is 7.45. The first kappa shape index (κ1) is 16.7. The van der Waals surface area contributed by atoms with Crippen molar-refractivity contribution in [3.63, 3.8) is 0 Å². The molecule has 0 saturated heterocycles. The van der Waals surface area contributed by atoms with Crippen LogP contribution in [0, 0.1) is 0 Å². The Morgan fingerprint density at radius 3 is 2.45 bits per heavy atom. The van der Waals surface area contributed by atoms with Gasteiger partial charge in [0.1, 0.15) is 0 Å². The average Bonchev–Trinajstić information content (AvgIpc) is 2.36. The molecular weight excluding hydrogens is 248 g/mol. The average molecular weight is 276 g/mol. The van der Waals surface area contributed by atoms with Gasteiger partial charge >= 0.3 is 0 Å². The van der Waals surface area contributed by atoms with Crippen molar-refractivity contribution in [1.29, 1.82) is 0 Å². The Balaban J connectivity index is 2.18. The molecule has 1 atom stereocenters. The summed E-state index contributed by atoms with van der Waals surface area (Å²) in [6.07, 6.45) is 2.51. The third-order valence-electron chi connectivity index (χ3n) is 3.12. The lowest BCUT2D eigenvalue weighted by atomic mass is 10.1. The van der Waals surface area contributed by atoms with E-state index in [-0.39, 0.29) is 17.5 Å². The fraction of sp³-hybridized carbons (Fsp3) is 0.588. The van der Waals surface area contributed by atoms with Crippen molar-refractivity contribution in [3.8, 4) is 0 Å². The maximum atomic E-state index is 11.8. The molecule has 0 spiro atoms. The second-order valence-electron chi connectivity index (χ2n) is 6.42. The van der Waals surface area contributed by atoms with Crippen LogP contribution < -0.4 is 10.6 Å². The van der Waals surface area contributed by atoms with E-state index in [1.54, 1.807) is 0 Å². The normalized spacial score (nSPS) is 13.0. The molecule has 3 heteroatoms. The minimum Gasteiger partial charge on any atom is -0.354 e. The predicted molar refractivity (Wildman–Crippen MR) is 84.7 cm³/mol. The van der Waals surface area contributed by atoms with Crippen LogP contribution in [0.1, 0.15) is 46.1 Å². The maximum Gasteiger partial charge on any atom is 0.221 e. The Hall–Kier alpha value is -1.35. The molecule has 20 heavy (non-hydrogen) atoms. The number of carbonyl (C=O) groups excluding carboxylic acids is 1. The van der Waals surface area contributed by atoms with Gasteiger partial charge in [-0.3, -0.25) is 4.79 Å². The number of rotatable bonds is 7. The van der Waals surface area contributed by atoms with E-state index in [2.05, 4.69) is 62.6 Å². The van der Waals surface area contributed by atoms with E-state index < -0.39 is 0 Å². The lowest BCUT2D eigenvalue weighted by Crippen LogP contribution is -2.40. The monoisotopic (exact) mass is 276 g/mol. The molecule has 1 aromatic carbocycles. The molecule has 0 bridgehead atoms. The van der Waals surface area contributed by atoms with Gasteiger partial charge in [0.2, 0.25) is 5.91 Å². The van der Waals surface area contributed by atoms with Crippen LogP contribution in [-0.4, -0.2) is 24.0 Å². The summed E-state index contributed by atoms with van der Waals surface area (Å²) >= 11 is 0. The van der Waals surface area contributed by atoms with E-state index in [9.17, 15) is 4.79 Å². The highest BCUT2D eigenvalue weighted by Crippen LogP contribution is 2.05. The molecule has 0 aliphatic heterocycles. The van der Waals surface area contributed by atoms with Crippen LogP contribution in [0.15, 0.2) is 30.3 Å². The molecule has 0 aliphatic carbocycles. The first-order valence-electron chi connectivity index (χ1n) is 7.45. The number of benzene rings is 1. The van der Waals surface area contributed by atoms with Crippen LogP contribution in [0.4, 0.5) is 0 Å². The van der Waals surface area contributed by atoms with Gasteiger partial charge in [0.15, 0.2) is 0 Å². The van der Waals surface area contributed by atoms with E-state index in [1.807, 2.05) is 6.07 Å². The van der Waals surface area contributed by atoms with Gasteiger partial charge in [0, 0.05) is 24.5 Å². The zero-order valence-electron chi connectivity index (χ0n) is 13.2. The zero-order valence-corrected chi connectivity index (χ0v) is 13.2. The van der Waals surface area contributed by atoms with E-state index in [1.165, 1.54) is 5.56 Å². The van der Waals surface area contributed by atoms with Gasteiger partial charge in [0.05, 0.1) is 0 Å². The van der Waals surface area contributed by atoms with Gasteiger partial charge in [-0.05, 0) is 46.1 Å². The number of aryl methyl sites for hydroxylation is 1. The summed E-state index contributed by atoms with van der Waals surface area (Å²) in [5.41, 5.74) is 1.39. The van der Waals surface area contributed by atoms with Crippen LogP contribution in [0.25, 0.3) is 0 Å². The molecule has 112 valence electrons. The van der Waals surface area contributed by atoms with Crippen LogP contribution in [0.2, 0.25) is 0 Å². The highest BCUT2D eigenvalue weighted by atomic mass is 16.1. The highest BCUT2D eigenvalue weighted by molar-refractivity contribution is 5.76. The summed E-state index contributed by atoms with van der Waals surface area (Å²) in [6, 6.07) is 10.6. The molecule has 0 fully saturated rings. The predicted octanol–water partition coefficient (Wildman–Crippen LogP) is 2.90. The van der Waals surface area contributed by atoms with Gasteiger partial charge in [-0.2, -0.15) is 0 Å². The SMILES string of the molecule is CC(CCc1ccccc1)NC(=O)CCNC(C)(C)C. The second kappa shape index (κ2) is 8.05. The molecule has 1 unspecified atom stereocenters. The summed E-state index contributed by atoms with van der Waals surface area (Å²) in [7, 11) is 0. The highest BCUT2D eigenvalue weighted by Gasteiger charge is 2.11. The topological polar surface area (TPSA) is 41.1 Å². The van der Waals surface area contributed by atoms with Crippen molar-refractivity contribution in [2.75, 3.05) is 6.54 Å². The van der Waals surface area contributed by atoms with Gasteiger partial charge in [-0.25, -0.2) is 0 Å². The molecule has 0 aliphatic rings. The fourth-order valence-corrected chi connectivity index (χ4v) is 2.00. The lowest BCUT2D eigenvalue weighted by molar-refractivity contribution is -0.121. The number of amides is 1. The number of carbonyl (C=O) groups is 1. The molecule has 2 N–H and O–H groups in total. The molecule has 0 aromatic heterocycles. The van der Waals surface area contributed by atoms with E-state index in [0.29, 0.717) is 6.42 Å². The first-order chi connectivity index (χ1) is 9.37. The maximum absolute atomic E-state index is 11.8. The van der Waals surface area contributed by atoms with Crippen molar-refractivity contribution < 1.29 is 4.79 Å². The third-order valence-corrected chi connectivity index (χ3v) is 3.12. The van der Waals surface area contributed by atoms with Crippen LogP contribution >= 0.6 is 0 Å². The molecule has 1 aromatic rings. The van der Waals surface area contributed by atoms with Gasteiger partial charge < -0.3 is 10.6 Å². The minimum absolute atomic E-state index is 0.0687. The molecule has 1 amide bonds. The molecule has 1 rings (SSSR count). The van der Waals surface area contributed by atoms with Crippen molar-refractivity contribution in [3.05, 3.63) is 35.9 Å². The Labute approximate surface area is 123 Å². The van der Waals surface area contributed by atoms with Gasteiger partial charge in [0.25, 0.3) is 0 Å². The van der Waals surface area contributed by atoms with Gasteiger partial charge in [-0.1, -0.05) is 30.3 Å². The summed E-state index contributed by atoms with van der Waals surface area (Å²) < 4.78 is 0. The standard InChI is InChI=1S/C17H28N2O/c1-14(10-11-15-8-6-5-7-9-15)19-16(20)12-13-18-17(2,3)4/h5-9,14,18H,10-13H2,1-4H3,(H,19,20). The van der Waals surface area contributed by atoms with E-state index >= 15 is 0 Å². The Kier molecular flexibility index (Phi) is 6.73. The summed E-state index contributed by atoms with van der Waals surface area (Å²) in [5, 5.41) is 6.38. The van der Waals surface area contributed by atoms with E-state index in [0.717, 1.165) is 19.4 Å². The largest absolute Gasteiger partial charge is 0.354 e. The molecule has 0 heterocycles. The Morgan fingerprint density at radius 1 is 1.20 bits per heavy atom. The second-order valence-corrected chi connectivity index (χ2v) is 6.42. The molecule has 3 nitrogen and oxygen atoms in total. The summed E-state index contributed by atoms with van der Waals surface area (Å²) in [6.45, 7) is 9.10.